The molecule has 4 heteroatoms. The molecule has 0 spiro atoms. The smallest absolute Gasteiger partial charge is 0.230 e. The van der Waals surface area contributed by atoms with Crippen LogP contribution >= 0.6 is 0 Å². The summed E-state index contributed by atoms with van der Waals surface area (Å²) in [5.74, 6) is 0.150. The number of carbonyl (C=O) groups excluding carboxylic acids is 2. The Morgan fingerprint density at radius 2 is 1.81 bits per heavy atom. The normalized spacial score (nSPS) is 24.3. The molecule has 1 aromatic rings. The van der Waals surface area contributed by atoms with Crippen LogP contribution in [0.3, 0.4) is 0 Å². The van der Waals surface area contributed by atoms with Gasteiger partial charge in [-0.2, -0.15) is 0 Å². The second kappa shape index (κ2) is 6.39. The van der Waals surface area contributed by atoms with Crippen LogP contribution in [-0.2, 0) is 16.0 Å². The minimum absolute atomic E-state index is 0.0530. The lowest BCUT2D eigenvalue weighted by Crippen LogP contribution is -2.38. The van der Waals surface area contributed by atoms with Crippen LogP contribution in [0.5, 0.6) is 0 Å². The third-order valence-electron chi connectivity index (χ3n) is 4.77. The first-order valence-electron chi connectivity index (χ1n) is 7.82. The van der Waals surface area contributed by atoms with Gasteiger partial charge in [-0.1, -0.05) is 30.3 Å². The summed E-state index contributed by atoms with van der Waals surface area (Å²) in [6.45, 7) is 3.15. The van der Waals surface area contributed by atoms with Crippen LogP contribution in [0.25, 0.3) is 0 Å². The van der Waals surface area contributed by atoms with Crippen molar-refractivity contribution in [1.29, 1.82) is 0 Å². The molecule has 2 aliphatic heterocycles. The Morgan fingerprint density at radius 1 is 1.10 bits per heavy atom. The highest BCUT2D eigenvalue weighted by Gasteiger charge is 2.37. The molecular formula is C17H22N2O2. The minimum Gasteiger partial charge on any atom is -0.303 e. The fourth-order valence-electron chi connectivity index (χ4n) is 3.47. The molecule has 21 heavy (non-hydrogen) atoms. The molecule has 0 bridgehead atoms. The molecule has 0 aliphatic carbocycles. The summed E-state index contributed by atoms with van der Waals surface area (Å²) in [5, 5.41) is 2.43. The highest BCUT2D eigenvalue weighted by atomic mass is 16.2. The molecule has 2 aliphatic rings. The lowest BCUT2D eigenvalue weighted by Gasteiger charge is -2.33. The van der Waals surface area contributed by atoms with Gasteiger partial charge >= 0.3 is 0 Å². The van der Waals surface area contributed by atoms with Crippen LogP contribution in [0.15, 0.2) is 30.3 Å². The molecule has 2 heterocycles. The van der Waals surface area contributed by atoms with Crippen molar-refractivity contribution >= 4 is 11.8 Å². The maximum absolute atomic E-state index is 11.7. The summed E-state index contributed by atoms with van der Waals surface area (Å²) in [4.78, 5) is 25.5. The monoisotopic (exact) mass is 286 g/mol. The number of hydrogen-bond donors (Lipinski definition) is 1. The Balaban J connectivity index is 1.45. The van der Waals surface area contributed by atoms with Crippen molar-refractivity contribution in [3.63, 3.8) is 0 Å². The molecule has 4 nitrogen and oxygen atoms in total. The summed E-state index contributed by atoms with van der Waals surface area (Å²) in [5.41, 5.74) is 1.38. The van der Waals surface area contributed by atoms with E-state index < -0.39 is 0 Å². The third-order valence-corrected chi connectivity index (χ3v) is 4.77. The predicted octanol–water partition coefficient (Wildman–Crippen LogP) is 1.60. The van der Waals surface area contributed by atoms with Crippen LogP contribution in [0.1, 0.15) is 24.8 Å². The summed E-state index contributed by atoms with van der Waals surface area (Å²) in [6.07, 6.45) is 3.53. The van der Waals surface area contributed by atoms with E-state index in [0.717, 1.165) is 38.9 Å². The Hall–Kier alpha value is -1.68. The van der Waals surface area contributed by atoms with Crippen molar-refractivity contribution < 1.29 is 9.59 Å². The standard InChI is InChI=1S/C17H22N2O2/c20-16-12-15(17(21)18-16)14-7-10-19(11-8-14)9-6-13-4-2-1-3-5-13/h1-5,14-15H,6-12H2,(H,18,20,21). The fourth-order valence-corrected chi connectivity index (χ4v) is 3.47. The Labute approximate surface area is 125 Å². The van der Waals surface area contributed by atoms with E-state index in [9.17, 15) is 9.59 Å². The van der Waals surface area contributed by atoms with Gasteiger partial charge in [0.25, 0.3) is 0 Å². The number of nitrogens with one attached hydrogen (secondary N) is 1. The third kappa shape index (κ3) is 3.50. The van der Waals surface area contributed by atoms with E-state index in [1.54, 1.807) is 0 Å². The number of imide groups is 1. The van der Waals surface area contributed by atoms with Gasteiger partial charge in [0, 0.05) is 13.0 Å². The van der Waals surface area contributed by atoms with Crippen LogP contribution < -0.4 is 5.32 Å². The molecule has 0 radical (unpaired) electrons. The summed E-state index contributed by atoms with van der Waals surface area (Å²) in [6, 6.07) is 10.5. The quantitative estimate of drug-likeness (QED) is 0.855. The van der Waals surface area contributed by atoms with Crippen molar-refractivity contribution in [2.45, 2.75) is 25.7 Å². The zero-order chi connectivity index (χ0) is 14.7. The molecule has 1 atom stereocenters. The van der Waals surface area contributed by atoms with E-state index in [1.807, 2.05) is 6.07 Å². The Kier molecular flexibility index (Phi) is 4.34. The van der Waals surface area contributed by atoms with E-state index >= 15 is 0 Å². The summed E-state index contributed by atoms with van der Waals surface area (Å²) < 4.78 is 0. The second-order valence-corrected chi connectivity index (χ2v) is 6.14. The van der Waals surface area contributed by atoms with Crippen molar-refractivity contribution in [2.24, 2.45) is 11.8 Å². The van der Waals surface area contributed by atoms with Crippen molar-refractivity contribution in [2.75, 3.05) is 19.6 Å². The van der Waals surface area contributed by atoms with Gasteiger partial charge in [-0.3, -0.25) is 14.9 Å². The fraction of sp³-hybridized carbons (Fsp3) is 0.529. The van der Waals surface area contributed by atoms with E-state index in [2.05, 4.69) is 34.5 Å². The average Bonchev–Trinajstić information content (AvgIpc) is 2.85. The molecule has 3 rings (SSSR count). The van der Waals surface area contributed by atoms with Gasteiger partial charge in [0.05, 0.1) is 5.92 Å². The first-order valence-corrected chi connectivity index (χ1v) is 7.82. The van der Waals surface area contributed by atoms with E-state index in [-0.39, 0.29) is 17.7 Å². The van der Waals surface area contributed by atoms with Gasteiger partial charge in [-0.15, -0.1) is 0 Å². The molecule has 0 saturated carbocycles. The highest BCUT2D eigenvalue weighted by Crippen LogP contribution is 2.30. The molecule has 1 unspecified atom stereocenters. The van der Waals surface area contributed by atoms with Crippen LogP contribution in [0, 0.1) is 11.8 Å². The van der Waals surface area contributed by atoms with Crippen LogP contribution in [-0.4, -0.2) is 36.3 Å². The van der Waals surface area contributed by atoms with Gasteiger partial charge in [0.2, 0.25) is 11.8 Å². The van der Waals surface area contributed by atoms with E-state index in [1.165, 1.54) is 5.56 Å². The minimum atomic E-state index is -0.100. The van der Waals surface area contributed by atoms with E-state index in [4.69, 9.17) is 0 Å². The molecular weight excluding hydrogens is 264 g/mol. The maximum Gasteiger partial charge on any atom is 0.230 e. The Bertz CT molecular complexity index is 507. The number of hydrogen-bond acceptors (Lipinski definition) is 3. The lowest BCUT2D eigenvalue weighted by atomic mass is 9.83. The largest absolute Gasteiger partial charge is 0.303 e. The number of nitrogens with zero attached hydrogens (tertiary/aromatic N) is 1. The molecule has 112 valence electrons. The SMILES string of the molecule is O=C1CC(C2CCN(CCc3ccccc3)CC2)C(=O)N1. The molecule has 2 amide bonds. The zero-order valence-electron chi connectivity index (χ0n) is 12.3. The summed E-state index contributed by atoms with van der Waals surface area (Å²) >= 11 is 0. The average molecular weight is 286 g/mol. The van der Waals surface area contributed by atoms with Gasteiger partial charge < -0.3 is 4.90 Å². The zero-order valence-corrected chi connectivity index (χ0v) is 12.3. The van der Waals surface area contributed by atoms with Gasteiger partial charge in [0.1, 0.15) is 0 Å². The first kappa shape index (κ1) is 14.3. The number of carbonyl (C=O) groups is 2. The number of amides is 2. The highest BCUT2D eigenvalue weighted by molar-refractivity contribution is 6.03. The number of benzene rings is 1. The van der Waals surface area contributed by atoms with Crippen LogP contribution in [0.2, 0.25) is 0 Å². The molecule has 0 aromatic heterocycles. The van der Waals surface area contributed by atoms with Gasteiger partial charge in [-0.05, 0) is 43.8 Å². The van der Waals surface area contributed by atoms with Crippen LogP contribution in [0.4, 0.5) is 0 Å². The van der Waals surface area contributed by atoms with Gasteiger partial charge in [0.15, 0.2) is 0 Å². The molecule has 2 fully saturated rings. The molecule has 1 aromatic carbocycles. The second-order valence-electron chi connectivity index (χ2n) is 6.14. The predicted molar refractivity (Wildman–Crippen MR) is 80.6 cm³/mol. The lowest BCUT2D eigenvalue weighted by molar-refractivity contribution is -0.126. The van der Waals surface area contributed by atoms with Crippen molar-refractivity contribution in [3.8, 4) is 0 Å². The van der Waals surface area contributed by atoms with Crippen molar-refractivity contribution in [3.05, 3.63) is 35.9 Å². The Morgan fingerprint density at radius 3 is 2.43 bits per heavy atom. The maximum atomic E-state index is 11.7. The number of likely N-dealkylation sites (tertiary alicyclic amines) is 1. The summed E-state index contributed by atoms with van der Waals surface area (Å²) in [7, 11) is 0. The van der Waals surface area contributed by atoms with Crippen molar-refractivity contribution in [1.82, 2.24) is 10.2 Å². The first-order chi connectivity index (χ1) is 10.2. The number of rotatable bonds is 4. The van der Waals surface area contributed by atoms with Gasteiger partial charge in [-0.25, -0.2) is 0 Å². The molecule has 2 saturated heterocycles. The topological polar surface area (TPSA) is 49.4 Å². The number of piperidine rings is 1. The van der Waals surface area contributed by atoms with E-state index in [0.29, 0.717) is 12.3 Å². The molecule has 1 N–H and O–H groups in total.